The van der Waals surface area contributed by atoms with Crippen LogP contribution in [0.3, 0.4) is 0 Å². The third-order valence-electron chi connectivity index (χ3n) is 8.32. The molecular weight excluding hydrogens is 426 g/mol. The summed E-state index contributed by atoms with van der Waals surface area (Å²) in [6.07, 6.45) is 3.85. The van der Waals surface area contributed by atoms with Crippen LogP contribution in [-0.4, -0.2) is 9.97 Å². The van der Waals surface area contributed by atoms with Gasteiger partial charge in [-0.1, -0.05) is 80.6 Å². The number of hydrogen-bond donors (Lipinski definition) is 0. The zero-order valence-electron chi connectivity index (χ0n) is 19.7. The molecule has 166 valence electrons. The van der Waals surface area contributed by atoms with Crippen molar-refractivity contribution in [2.75, 3.05) is 4.90 Å². The molecule has 4 heterocycles. The van der Waals surface area contributed by atoms with Gasteiger partial charge in [-0.25, -0.2) is 0 Å². The van der Waals surface area contributed by atoms with E-state index in [1.54, 1.807) is 0 Å². The molecule has 0 N–H and O–H groups in total. The molecule has 35 heavy (non-hydrogen) atoms. The van der Waals surface area contributed by atoms with Crippen LogP contribution in [0.5, 0.6) is 0 Å². The standard InChI is InChI=1S/C32H23N3/c1-31(2)22-12-3-5-16-26(22)35-27-17-6-4-13-23(27)32(25-15-7-14-24(31)28(25)35)29-20(10-8-18-33-29)21-11-9-19-34-30(21)32/h3-19H,1-2H3. The Balaban J connectivity index is 1.61. The van der Waals surface area contributed by atoms with E-state index in [2.05, 4.69) is 97.6 Å². The van der Waals surface area contributed by atoms with Crippen LogP contribution >= 0.6 is 0 Å². The zero-order valence-corrected chi connectivity index (χ0v) is 19.7. The minimum absolute atomic E-state index is 0.135. The molecule has 2 aromatic heterocycles. The predicted molar refractivity (Wildman–Crippen MR) is 140 cm³/mol. The number of nitrogens with zero attached hydrogens (tertiary/aromatic N) is 3. The highest BCUT2D eigenvalue weighted by Gasteiger charge is 2.56. The van der Waals surface area contributed by atoms with Crippen LogP contribution in [-0.2, 0) is 10.8 Å². The lowest BCUT2D eigenvalue weighted by atomic mass is 9.63. The fraction of sp³-hybridized carbons (Fsp3) is 0.125. The summed E-state index contributed by atoms with van der Waals surface area (Å²) in [5, 5.41) is 0. The van der Waals surface area contributed by atoms with E-state index in [1.807, 2.05) is 24.5 Å². The minimum atomic E-state index is -0.562. The van der Waals surface area contributed by atoms with E-state index >= 15 is 0 Å². The van der Waals surface area contributed by atoms with Gasteiger partial charge < -0.3 is 4.90 Å². The van der Waals surface area contributed by atoms with Crippen molar-refractivity contribution in [3.05, 3.63) is 137 Å². The molecule has 5 aromatic rings. The molecule has 1 spiro atoms. The van der Waals surface area contributed by atoms with Crippen molar-refractivity contribution in [2.24, 2.45) is 0 Å². The summed E-state index contributed by atoms with van der Waals surface area (Å²) in [6, 6.07) is 33.0. The number of benzene rings is 3. The molecule has 0 bridgehead atoms. The second-order valence-corrected chi connectivity index (χ2v) is 10.2. The maximum absolute atomic E-state index is 5.07. The van der Waals surface area contributed by atoms with Gasteiger partial charge in [-0.15, -0.1) is 0 Å². The van der Waals surface area contributed by atoms with E-state index in [0.717, 1.165) is 11.4 Å². The van der Waals surface area contributed by atoms with Gasteiger partial charge in [-0.05, 0) is 46.5 Å². The van der Waals surface area contributed by atoms with Crippen LogP contribution in [0.25, 0.3) is 11.1 Å². The topological polar surface area (TPSA) is 29.0 Å². The van der Waals surface area contributed by atoms with Crippen molar-refractivity contribution in [2.45, 2.75) is 24.7 Å². The Kier molecular flexibility index (Phi) is 3.41. The molecule has 2 aliphatic heterocycles. The van der Waals surface area contributed by atoms with E-state index in [0.29, 0.717) is 0 Å². The maximum atomic E-state index is 5.07. The van der Waals surface area contributed by atoms with E-state index in [4.69, 9.17) is 9.97 Å². The smallest absolute Gasteiger partial charge is 0.110 e. The molecule has 3 heteroatoms. The van der Waals surface area contributed by atoms with Gasteiger partial charge >= 0.3 is 0 Å². The predicted octanol–water partition coefficient (Wildman–Crippen LogP) is 7.26. The highest BCUT2D eigenvalue weighted by Crippen LogP contribution is 2.65. The van der Waals surface area contributed by atoms with E-state index < -0.39 is 5.41 Å². The second kappa shape index (κ2) is 6.25. The van der Waals surface area contributed by atoms with Crippen LogP contribution < -0.4 is 4.90 Å². The molecule has 0 saturated heterocycles. The number of pyridine rings is 2. The first-order valence-electron chi connectivity index (χ1n) is 12.2. The molecule has 8 rings (SSSR count). The Morgan fingerprint density at radius 2 is 1.09 bits per heavy atom. The first-order chi connectivity index (χ1) is 17.1. The Bertz CT molecular complexity index is 1650. The number of anilines is 3. The van der Waals surface area contributed by atoms with Crippen LogP contribution in [0.1, 0.15) is 47.5 Å². The Hall–Kier alpha value is -4.24. The molecule has 0 atom stereocenters. The maximum Gasteiger partial charge on any atom is 0.110 e. The molecule has 0 amide bonds. The lowest BCUT2D eigenvalue weighted by Crippen LogP contribution is -2.41. The normalized spacial score (nSPS) is 16.7. The number of para-hydroxylation sites is 3. The van der Waals surface area contributed by atoms with Crippen molar-refractivity contribution in [3.63, 3.8) is 0 Å². The monoisotopic (exact) mass is 449 g/mol. The highest BCUT2D eigenvalue weighted by molar-refractivity contribution is 5.97. The van der Waals surface area contributed by atoms with Crippen LogP contribution in [0, 0.1) is 0 Å². The first-order valence-corrected chi connectivity index (χ1v) is 12.2. The molecule has 0 radical (unpaired) electrons. The number of aromatic nitrogens is 2. The Morgan fingerprint density at radius 3 is 1.77 bits per heavy atom. The molecule has 3 aliphatic rings. The van der Waals surface area contributed by atoms with Crippen molar-refractivity contribution in [3.8, 4) is 11.1 Å². The van der Waals surface area contributed by atoms with Crippen LogP contribution in [0.2, 0.25) is 0 Å². The minimum Gasteiger partial charge on any atom is -0.309 e. The molecule has 0 unspecified atom stereocenters. The third kappa shape index (κ3) is 2.05. The number of hydrogen-bond acceptors (Lipinski definition) is 3. The lowest BCUT2D eigenvalue weighted by molar-refractivity contribution is 0.617. The molecule has 0 saturated carbocycles. The van der Waals surface area contributed by atoms with Crippen LogP contribution in [0.15, 0.2) is 103 Å². The summed E-state index contributed by atoms with van der Waals surface area (Å²) in [4.78, 5) is 12.6. The molecule has 1 aliphatic carbocycles. The number of fused-ring (bicyclic) bond motifs is 11. The summed E-state index contributed by atoms with van der Waals surface area (Å²) in [7, 11) is 0. The van der Waals surface area contributed by atoms with Gasteiger partial charge in [-0.2, -0.15) is 0 Å². The molecule has 3 nitrogen and oxygen atoms in total. The summed E-state index contributed by atoms with van der Waals surface area (Å²) in [5.74, 6) is 0. The quantitative estimate of drug-likeness (QED) is 0.244. The van der Waals surface area contributed by atoms with Gasteiger partial charge in [0.2, 0.25) is 0 Å². The fourth-order valence-corrected chi connectivity index (χ4v) is 6.90. The van der Waals surface area contributed by atoms with Crippen LogP contribution in [0.4, 0.5) is 17.1 Å². The van der Waals surface area contributed by atoms with Crippen molar-refractivity contribution in [1.29, 1.82) is 0 Å². The molecule has 3 aromatic carbocycles. The van der Waals surface area contributed by atoms with Gasteiger partial charge in [0, 0.05) is 28.9 Å². The van der Waals surface area contributed by atoms with E-state index in [-0.39, 0.29) is 5.41 Å². The fourth-order valence-electron chi connectivity index (χ4n) is 6.90. The average Bonchev–Trinajstić information content (AvgIpc) is 3.20. The van der Waals surface area contributed by atoms with E-state index in [9.17, 15) is 0 Å². The van der Waals surface area contributed by atoms with Gasteiger partial charge in [0.25, 0.3) is 0 Å². The largest absolute Gasteiger partial charge is 0.309 e. The van der Waals surface area contributed by atoms with Gasteiger partial charge in [-0.3, -0.25) is 9.97 Å². The Labute approximate surface area is 204 Å². The van der Waals surface area contributed by atoms with Crippen molar-refractivity contribution >= 4 is 17.1 Å². The van der Waals surface area contributed by atoms with Gasteiger partial charge in [0.15, 0.2) is 0 Å². The van der Waals surface area contributed by atoms with Crippen molar-refractivity contribution < 1.29 is 0 Å². The Morgan fingerprint density at radius 1 is 0.543 bits per heavy atom. The third-order valence-corrected chi connectivity index (χ3v) is 8.32. The highest BCUT2D eigenvalue weighted by atomic mass is 15.2. The van der Waals surface area contributed by atoms with Crippen molar-refractivity contribution in [1.82, 2.24) is 9.97 Å². The van der Waals surface area contributed by atoms with Gasteiger partial charge in [0.05, 0.1) is 28.5 Å². The number of rotatable bonds is 0. The zero-order chi connectivity index (χ0) is 23.4. The molecule has 0 fully saturated rings. The summed E-state index contributed by atoms with van der Waals surface area (Å²) < 4.78 is 0. The lowest BCUT2D eigenvalue weighted by Gasteiger charge is -2.50. The SMILES string of the molecule is CC1(C)c2ccccc2N2c3ccccc3C3(c4cccc1c42)c1ncccc1-c1cccnc13. The summed E-state index contributed by atoms with van der Waals surface area (Å²) >= 11 is 0. The van der Waals surface area contributed by atoms with Gasteiger partial charge in [0.1, 0.15) is 5.41 Å². The van der Waals surface area contributed by atoms with E-state index in [1.165, 1.54) is 50.4 Å². The second-order valence-electron chi connectivity index (χ2n) is 10.2. The summed E-state index contributed by atoms with van der Waals surface area (Å²) in [6.45, 7) is 4.69. The average molecular weight is 450 g/mol. The first kappa shape index (κ1) is 19.1. The summed E-state index contributed by atoms with van der Waals surface area (Å²) in [5.41, 5.74) is 12.7. The molecular formula is C32H23N3.